The number of ether oxygens (including phenoxy) is 1. The number of hydrogen-bond donors (Lipinski definition) is 1. The molecule has 0 amide bonds. The van der Waals surface area contributed by atoms with Crippen molar-refractivity contribution < 1.29 is 14.6 Å². The Hall–Kier alpha value is -1.40. The first-order chi connectivity index (χ1) is 26.5. The largest absolute Gasteiger partial charge is 0.466 e. The van der Waals surface area contributed by atoms with Crippen LogP contribution in [0.25, 0.3) is 0 Å². The van der Waals surface area contributed by atoms with Crippen molar-refractivity contribution in [2.24, 2.45) is 11.8 Å². The molecule has 0 aromatic carbocycles. The highest BCUT2D eigenvalue weighted by Gasteiger charge is 2.16. The number of aromatic nitrogens is 2. The lowest BCUT2D eigenvalue weighted by atomic mass is 9.91. The molecule has 0 aliphatic carbocycles. The van der Waals surface area contributed by atoms with Crippen LogP contribution in [0.4, 0.5) is 0 Å². The first-order valence-corrected chi connectivity index (χ1v) is 24.0. The lowest BCUT2D eigenvalue weighted by Crippen LogP contribution is -2.34. The van der Waals surface area contributed by atoms with E-state index in [0.29, 0.717) is 24.9 Å². The second-order valence-electron chi connectivity index (χ2n) is 17.0. The van der Waals surface area contributed by atoms with E-state index >= 15 is 0 Å². The zero-order valence-corrected chi connectivity index (χ0v) is 36.8. The van der Waals surface area contributed by atoms with Crippen molar-refractivity contribution >= 4 is 5.97 Å². The first-order valence-electron chi connectivity index (χ1n) is 24.0. The highest BCUT2D eigenvalue weighted by molar-refractivity contribution is 5.69. The Morgan fingerprint density at radius 2 is 1.07 bits per heavy atom. The fourth-order valence-corrected chi connectivity index (χ4v) is 8.11. The van der Waals surface area contributed by atoms with Crippen LogP contribution in [0.3, 0.4) is 0 Å². The average molecular weight is 760 g/mol. The summed E-state index contributed by atoms with van der Waals surface area (Å²) in [5.41, 5.74) is 0. The Balaban J connectivity index is 2.38. The van der Waals surface area contributed by atoms with Gasteiger partial charge in [0.15, 0.2) is 0 Å². The summed E-state index contributed by atoms with van der Waals surface area (Å²) in [5.74, 6) is 1.94. The van der Waals surface area contributed by atoms with E-state index in [0.717, 1.165) is 64.1 Å². The Morgan fingerprint density at radius 3 is 1.54 bits per heavy atom. The number of hydrogen-bond acceptors (Lipinski definition) is 5. The predicted octanol–water partition coefficient (Wildman–Crippen LogP) is 13.8. The Bertz CT molecular complexity index is 921. The van der Waals surface area contributed by atoms with Crippen LogP contribution < -0.4 is 0 Å². The normalized spacial score (nSPS) is 12.9. The third kappa shape index (κ3) is 30.8. The monoisotopic (exact) mass is 760 g/mol. The molecule has 0 fully saturated rings. The Kier molecular flexibility index (Phi) is 36.1. The SMILES string of the molecule is CCCCCCCCCCCCC(CO)CN(CCCCCCOC(=O)CC(CCCCCCCC)CCCCCCCCCC)CCn1ccnc1C. The predicted molar refractivity (Wildman–Crippen MR) is 233 cm³/mol. The Morgan fingerprint density at radius 1 is 0.630 bits per heavy atom. The van der Waals surface area contributed by atoms with Crippen LogP contribution in [-0.2, 0) is 16.1 Å². The van der Waals surface area contributed by atoms with E-state index in [4.69, 9.17) is 4.74 Å². The molecule has 6 heteroatoms. The Labute approximate surface area is 336 Å². The van der Waals surface area contributed by atoms with Crippen molar-refractivity contribution in [3.05, 3.63) is 18.2 Å². The molecule has 1 N–H and O–H groups in total. The zero-order chi connectivity index (χ0) is 39.2. The topological polar surface area (TPSA) is 67.6 Å². The summed E-state index contributed by atoms with van der Waals surface area (Å²) in [7, 11) is 0. The number of esters is 1. The van der Waals surface area contributed by atoms with Crippen molar-refractivity contribution in [2.75, 3.05) is 32.8 Å². The van der Waals surface area contributed by atoms with Gasteiger partial charge in [-0.15, -0.1) is 0 Å². The third-order valence-electron chi connectivity index (χ3n) is 11.8. The first kappa shape index (κ1) is 50.6. The molecule has 0 spiro atoms. The lowest BCUT2D eigenvalue weighted by Gasteiger charge is -2.27. The summed E-state index contributed by atoms with van der Waals surface area (Å²) in [6, 6.07) is 0. The second-order valence-corrected chi connectivity index (χ2v) is 17.0. The van der Waals surface area contributed by atoms with Crippen molar-refractivity contribution in [1.82, 2.24) is 14.5 Å². The van der Waals surface area contributed by atoms with Crippen molar-refractivity contribution in [3.8, 4) is 0 Å². The van der Waals surface area contributed by atoms with Gasteiger partial charge in [-0.3, -0.25) is 4.79 Å². The number of aryl methyl sites for hydroxylation is 1. The van der Waals surface area contributed by atoms with E-state index in [1.165, 1.54) is 167 Å². The molecular weight excluding hydrogens is 667 g/mol. The minimum atomic E-state index is 0.0315. The highest BCUT2D eigenvalue weighted by Crippen LogP contribution is 2.23. The molecular formula is C48H93N3O3. The standard InChI is InChI=1S/C48H93N3O3/c1-5-8-11-14-17-19-20-22-25-30-35-47(44-52)43-50(39-40-51-38-36-49-45(51)4)37-31-26-27-32-41-54-48(53)42-46(33-28-23-16-13-10-7-3)34-29-24-21-18-15-12-9-6-2/h36,38,46-47,52H,5-35,37,39-44H2,1-4H3. The highest BCUT2D eigenvalue weighted by atomic mass is 16.5. The number of unbranched alkanes of at least 4 members (excludes halogenated alkanes) is 24. The number of aliphatic hydroxyl groups excluding tert-OH is 1. The molecule has 6 nitrogen and oxygen atoms in total. The molecule has 2 atom stereocenters. The van der Waals surface area contributed by atoms with E-state index < -0.39 is 0 Å². The maximum Gasteiger partial charge on any atom is 0.306 e. The van der Waals surface area contributed by atoms with Crippen molar-refractivity contribution in [1.29, 1.82) is 0 Å². The van der Waals surface area contributed by atoms with Crippen LogP contribution in [0.15, 0.2) is 12.4 Å². The van der Waals surface area contributed by atoms with E-state index in [1.54, 1.807) is 0 Å². The lowest BCUT2D eigenvalue weighted by molar-refractivity contribution is -0.145. The van der Waals surface area contributed by atoms with Gasteiger partial charge < -0.3 is 19.3 Å². The van der Waals surface area contributed by atoms with Crippen molar-refractivity contribution in [3.63, 3.8) is 0 Å². The average Bonchev–Trinajstić information content (AvgIpc) is 3.59. The summed E-state index contributed by atoms with van der Waals surface area (Å²) in [6.45, 7) is 13.7. The molecule has 0 aliphatic heterocycles. The van der Waals surface area contributed by atoms with E-state index in [9.17, 15) is 9.90 Å². The zero-order valence-electron chi connectivity index (χ0n) is 36.8. The van der Waals surface area contributed by atoms with Crippen molar-refractivity contribution in [2.45, 2.75) is 240 Å². The van der Waals surface area contributed by atoms with Crippen LogP contribution in [0.1, 0.15) is 232 Å². The van der Waals surface area contributed by atoms with Gasteiger partial charge in [0.2, 0.25) is 0 Å². The summed E-state index contributed by atoms with van der Waals surface area (Å²) < 4.78 is 8.04. The molecule has 0 saturated carbocycles. The molecule has 0 aliphatic rings. The molecule has 318 valence electrons. The molecule has 1 aromatic heterocycles. The molecule has 0 saturated heterocycles. The molecule has 1 rings (SSSR count). The van der Waals surface area contributed by atoms with Gasteiger partial charge in [0.1, 0.15) is 5.82 Å². The smallest absolute Gasteiger partial charge is 0.306 e. The van der Waals surface area contributed by atoms with Crippen LogP contribution in [-0.4, -0.2) is 58.4 Å². The van der Waals surface area contributed by atoms with E-state index in [-0.39, 0.29) is 12.6 Å². The van der Waals surface area contributed by atoms with Crippen LogP contribution in [0, 0.1) is 18.8 Å². The number of imidazole rings is 1. The molecule has 0 bridgehead atoms. The molecule has 0 radical (unpaired) electrons. The van der Waals surface area contributed by atoms with Gasteiger partial charge in [-0.25, -0.2) is 4.98 Å². The molecule has 1 heterocycles. The minimum Gasteiger partial charge on any atom is -0.466 e. The van der Waals surface area contributed by atoms with E-state index in [1.807, 2.05) is 6.20 Å². The number of carbonyl (C=O) groups is 1. The molecule has 54 heavy (non-hydrogen) atoms. The summed E-state index contributed by atoms with van der Waals surface area (Å²) >= 11 is 0. The molecule has 1 aromatic rings. The number of carbonyl (C=O) groups excluding carboxylic acids is 1. The number of aliphatic hydroxyl groups is 1. The fraction of sp³-hybridized carbons (Fsp3) is 0.917. The van der Waals surface area contributed by atoms with Gasteiger partial charge in [0.05, 0.1) is 6.61 Å². The van der Waals surface area contributed by atoms with E-state index in [2.05, 4.69) is 48.3 Å². The summed E-state index contributed by atoms with van der Waals surface area (Å²) in [6.07, 6.45) is 44.6. The molecule has 2 unspecified atom stereocenters. The maximum atomic E-state index is 12.9. The van der Waals surface area contributed by atoms with Crippen LogP contribution in [0.2, 0.25) is 0 Å². The fourth-order valence-electron chi connectivity index (χ4n) is 8.11. The van der Waals surface area contributed by atoms with Gasteiger partial charge in [0, 0.05) is 45.1 Å². The van der Waals surface area contributed by atoms with Gasteiger partial charge in [-0.1, -0.05) is 188 Å². The van der Waals surface area contributed by atoms with Crippen LogP contribution >= 0.6 is 0 Å². The third-order valence-corrected chi connectivity index (χ3v) is 11.8. The van der Waals surface area contributed by atoms with Crippen LogP contribution in [0.5, 0.6) is 0 Å². The number of nitrogens with zero attached hydrogens (tertiary/aromatic N) is 3. The maximum absolute atomic E-state index is 12.9. The van der Waals surface area contributed by atoms with Gasteiger partial charge in [0.25, 0.3) is 0 Å². The van der Waals surface area contributed by atoms with Gasteiger partial charge in [-0.2, -0.15) is 0 Å². The summed E-state index contributed by atoms with van der Waals surface area (Å²) in [4.78, 5) is 19.9. The van der Waals surface area contributed by atoms with Gasteiger partial charge in [-0.05, 0) is 57.4 Å². The van der Waals surface area contributed by atoms with Gasteiger partial charge >= 0.3 is 5.97 Å². The quantitative estimate of drug-likeness (QED) is 0.0531. The second kappa shape index (κ2) is 38.5. The number of rotatable bonds is 42. The summed E-state index contributed by atoms with van der Waals surface area (Å²) in [5, 5.41) is 10.3. The minimum absolute atomic E-state index is 0.0315.